The van der Waals surface area contributed by atoms with Crippen LogP contribution in [0.3, 0.4) is 0 Å². The molecule has 0 fully saturated rings. The number of para-hydroxylation sites is 1. The van der Waals surface area contributed by atoms with Crippen LogP contribution in [0.25, 0.3) is 6.08 Å². The Balaban J connectivity index is 1.89. The van der Waals surface area contributed by atoms with E-state index in [9.17, 15) is 4.79 Å². The molecule has 3 aromatic rings. The van der Waals surface area contributed by atoms with Crippen molar-refractivity contribution in [2.24, 2.45) is 0 Å². The standard InChI is InChI=1S/C26H29NO2SSi/c1-31(2,3)29-27(23-15-9-5-10-16-23)24(20-19-22-13-7-4-8-14-22)21-26(28)30-25-17-11-6-12-18-25/h4-20,24H,21H2,1-3H3/b20-19+. The Morgan fingerprint density at radius 1 is 0.903 bits per heavy atom. The van der Waals surface area contributed by atoms with Crippen molar-refractivity contribution in [1.29, 1.82) is 0 Å². The van der Waals surface area contributed by atoms with E-state index in [1.165, 1.54) is 11.8 Å². The molecule has 0 aliphatic heterocycles. The largest absolute Gasteiger partial charge is 0.320 e. The number of nitrogens with zero attached hydrogens (tertiary/aromatic N) is 1. The molecular formula is C26H29NO2SSi. The summed E-state index contributed by atoms with van der Waals surface area (Å²) in [5.74, 6) is 0. The molecule has 3 nitrogen and oxygen atoms in total. The highest BCUT2D eigenvalue weighted by Gasteiger charge is 2.27. The van der Waals surface area contributed by atoms with E-state index in [1.807, 2.05) is 83.9 Å². The lowest BCUT2D eigenvalue weighted by Crippen LogP contribution is -2.43. The second-order valence-corrected chi connectivity index (χ2v) is 13.7. The average molecular weight is 448 g/mol. The molecule has 0 aromatic heterocycles. The first-order valence-electron chi connectivity index (χ1n) is 10.4. The highest BCUT2D eigenvalue weighted by atomic mass is 32.2. The molecular weight excluding hydrogens is 418 g/mol. The van der Waals surface area contributed by atoms with Gasteiger partial charge in [-0.05, 0) is 49.5 Å². The summed E-state index contributed by atoms with van der Waals surface area (Å²) >= 11 is 1.28. The van der Waals surface area contributed by atoms with Crippen molar-refractivity contribution in [3.63, 3.8) is 0 Å². The predicted octanol–water partition coefficient (Wildman–Crippen LogP) is 7.05. The fraction of sp³-hybridized carbons (Fsp3) is 0.192. The van der Waals surface area contributed by atoms with Gasteiger partial charge in [-0.2, -0.15) is 0 Å². The quantitative estimate of drug-likeness (QED) is 0.200. The summed E-state index contributed by atoms with van der Waals surface area (Å²) in [5.41, 5.74) is 2.04. The molecule has 0 saturated carbocycles. The van der Waals surface area contributed by atoms with E-state index >= 15 is 0 Å². The van der Waals surface area contributed by atoms with Crippen LogP contribution in [0, 0.1) is 0 Å². The molecule has 160 valence electrons. The van der Waals surface area contributed by atoms with Gasteiger partial charge in [0.05, 0.1) is 11.7 Å². The van der Waals surface area contributed by atoms with Crippen LogP contribution in [-0.2, 0) is 9.32 Å². The Hall–Kier alpha value is -2.60. The van der Waals surface area contributed by atoms with Gasteiger partial charge in [0.1, 0.15) is 0 Å². The van der Waals surface area contributed by atoms with Gasteiger partial charge in [0.15, 0.2) is 5.12 Å². The third-order valence-electron chi connectivity index (χ3n) is 4.35. The molecule has 5 heteroatoms. The first kappa shape index (κ1) is 23.1. The fourth-order valence-corrected chi connectivity index (χ4v) is 4.67. The van der Waals surface area contributed by atoms with E-state index in [-0.39, 0.29) is 11.2 Å². The van der Waals surface area contributed by atoms with Crippen molar-refractivity contribution in [2.75, 3.05) is 5.06 Å². The Labute approximate surface area is 190 Å². The third kappa shape index (κ3) is 7.87. The van der Waals surface area contributed by atoms with Crippen LogP contribution < -0.4 is 5.06 Å². The van der Waals surface area contributed by atoms with Crippen molar-refractivity contribution >= 4 is 37.0 Å². The summed E-state index contributed by atoms with van der Waals surface area (Å²) in [6, 6.07) is 29.7. The molecule has 0 aliphatic rings. The Morgan fingerprint density at radius 2 is 1.45 bits per heavy atom. The van der Waals surface area contributed by atoms with Crippen LogP contribution in [0.15, 0.2) is 102 Å². The number of rotatable bonds is 9. The van der Waals surface area contributed by atoms with Crippen molar-refractivity contribution < 1.29 is 9.32 Å². The van der Waals surface area contributed by atoms with E-state index in [4.69, 9.17) is 4.53 Å². The predicted molar refractivity (Wildman–Crippen MR) is 135 cm³/mol. The maximum absolute atomic E-state index is 13.0. The molecule has 1 atom stereocenters. The lowest BCUT2D eigenvalue weighted by Gasteiger charge is -2.35. The van der Waals surface area contributed by atoms with Crippen LogP contribution in [-0.4, -0.2) is 19.5 Å². The van der Waals surface area contributed by atoms with Gasteiger partial charge in [0.2, 0.25) is 8.32 Å². The summed E-state index contributed by atoms with van der Waals surface area (Å²) < 4.78 is 6.49. The molecule has 0 N–H and O–H groups in total. The maximum Gasteiger partial charge on any atom is 0.220 e. The highest BCUT2D eigenvalue weighted by Crippen LogP contribution is 2.27. The number of hydroxylamine groups is 1. The van der Waals surface area contributed by atoms with Gasteiger partial charge in [-0.15, -0.1) is 0 Å². The molecule has 0 aliphatic carbocycles. The van der Waals surface area contributed by atoms with Crippen LogP contribution in [0.5, 0.6) is 0 Å². The Bertz CT molecular complexity index is 973. The SMILES string of the molecule is C[Si](C)(C)ON(c1ccccc1)C(/C=C/c1ccccc1)CC(=O)Sc1ccccc1. The van der Waals surface area contributed by atoms with Gasteiger partial charge in [-0.3, -0.25) is 9.86 Å². The van der Waals surface area contributed by atoms with Crippen LogP contribution >= 0.6 is 11.8 Å². The molecule has 1 unspecified atom stereocenters. The van der Waals surface area contributed by atoms with Crippen LogP contribution in [0.1, 0.15) is 12.0 Å². The minimum atomic E-state index is -1.93. The first-order chi connectivity index (χ1) is 14.9. The summed E-state index contributed by atoms with van der Waals surface area (Å²) in [5, 5.41) is 2.03. The molecule has 0 radical (unpaired) electrons. The topological polar surface area (TPSA) is 29.5 Å². The molecule has 31 heavy (non-hydrogen) atoms. The molecule has 0 amide bonds. The Morgan fingerprint density at radius 3 is 2.03 bits per heavy atom. The van der Waals surface area contributed by atoms with Gasteiger partial charge < -0.3 is 4.53 Å². The zero-order chi connectivity index (χ0) is 22.1. The summed E-state index contributed by atoms with van der Waals surface area (Å²) in [6.07, 6.45) is 4.48. The number of hydrogen-bond acceptors (Lipinski definition) is 4. The molecule has 3 aromatic carbocycles. The maximum atomic E-state index is 13.0. The van der Waals surface area contributed by atoms with Crippen LogP contribution in [0.2, 0.25) is 19.6 Å². The van der Waals surface area contributed by atoms with E-state index in [1.54, 1.807) is 0 Å². The summed E-state index contributed by atoms with van der Waals surface area (Å²) in [6.45, 7) is 6.46. The minimum Gasteiger partial charge on any atom is -0.320 e. The fourth-order valence-electron chi connectivity index (χ4n) is 3.03. The lowest BCUT2D eigenvalue weighted by molar-refractivity contribution is -0.111. The number of anilines is 1. The van der Waals surface area contributed by atoms with Crippen molar-refractivity contribution in [3.8, 4) is 0 Å². The molecule has 0 spiro atoms. The number of benzene rings is 3. The van der Waals surface area contributed by atoms with Gasteiger partial charge >= 0.3 is 0 Å². The van der Waals surface area contributed by atoms with Gasteiger partial charge in [-0.25, -0.2) is 0 Å². The van der Waals surface area contributed by atoms with Gasteiger partial charge in [0.25, 0.3) is 0 Å². The molecule has 0 heterocycles. The number of hydrogen-bond donors (Lipinski definition) is 0. The van der Waals surface area contributed by atoms with E-state index in [0.717, 1.165) is 16.1 Å². The van der Waals surface area contributed by atoms with E-state index < -0.39 is 8.32 Å². The van der Waals surface area contributed by atoms with Gasteiger partial charge in [0, 0.05) is 11.3 Å². The minimum absolute atomic E-state index is 0.106. The molecule has 0 bridgehead atoms. The zero-order valence-electron chi connectivity index (χ0n) is 18.3. The van der Waals surface area contributed by atoms with E-state index in [2.05, 4.69) is 43.9 Å². The molecule has 3 rings (SSSR count). The van der Waals surface area contributed by atoms with Crippen molar-refractivity contribution in [2.45, 2.75) is 37.0 Å². The van der Waals surface area contributed by atoms with Crippen LogP contribution in [0.4, 0.5) is 5.69 Å². The second-order valence-electron chi connectivity index (χ2n) is 8.19. The zero-order valence-corrected chi connectivity index (χ0v) is 20.1. The first-order valence-corrected chi connectivity index (χ1v) is 14.7. The summed E-state index contributed by atoms with van der Waals surface area (Å²) in [7, 11) is -1.93. The monoisotopic (exact) mass is 447 g/mol. The average Bonchev–Trinajstić information content (AvgIpc) is 2.76. The smallest absolute Gasteiger partial charge is 0.220 e. The third-order valence-corrected chi connectivity index (χ3v) is 5.99. The molecule has 0 saturated heterocycles. The number of carbonyl (C=O) groups excluding carboxylic acids is 1. The lowest BCUT2D eigenvalue weighted by atomic mass is 10.1. The van der Waals surface area contributed by atoms with Gasteiger partial charge in [-0.1, -0.05) is 90.6 Å². The second kappa shape index (κ2) is 11.1. The van der Waals surface area contributed by atoms with Crippen molar-refractivity contribution in [1.82, 2.24) is 0 Å². The number of thioether (sulfide) groups is 1. The highest BCUT2D eigenvalue weighted by molar-refractivity contribution is 8.13. The van der Waals surface area contributed by atoms with E-state index in [0.29, 0.717) is 6.42 Å². The van der Waals surface area contributed by atoms with Crippen molar-refractivity contribution in [3.05, 3.63) is 103 Å². The summed E-state index contributed by atoms with van der Waals surface area (Å²) in [4.78, 5) is 13.9. The Kier molecular flexibility index (Phi) is 8.29. The number of carbonyl (C=O) groups is 1. The normalized spacial score (nSPS) is 12.6.